The molecule has 2 heterocycles. The number of nitrogens with one attached hydrogen (secondary N) is 1. The molecule has 0 spiro atoms. The smallest absolute Gasteiger partial charge is 0.411 e. The standard InChI is InChI=1S/C27H29N3O5S/c1-3-14-33-27(32)30-22-7-4-6-21(15-22)25-34-23(17-36-26-28-12-5-13-29-26)18(2)24(35-25)20-10-8-19(16-31)9-11-20/h3-13,15,18,23-25,31H,1,14,16-17H2,2H3,(H,30,32)/t18-,23+,24+,25+/m0/s1. The van der Waals surface area contributed by atoms with E-state index in [9.17, 15) is 9.90 Å². The van der Waals surface area contributed by atoms with Crippen molar-refractivity contribution in [1.82, 2.24) is 9.97 Å². The van der Waals surface area contributed by atoms with Gasteiger partial charge in [0, 0.05) is 35.3 Å². The summed E-state index contributed by atoms with van der Waals surface area (Å²) in [5.41, 5.74) is 3.18. The lowest BCUT2D eigenvalue weighted by Gasteiger charge is -2.41. The molecule has 9 heteroatoms. The summed E-state index contributed by atoms with van der Waals surface area (Å²) in [6, 6.07) is 16.9. The molecule has 36 heavy (non-hydrogen) atoms. The van der Waals surface area contributed by atoms with Gasteiger partial charge >= 0.3 is 6.09 Å². The van der Waals surface area contributed by atoms with E-state index in [0.29, 0.717) is 16.6 Å². The summed E-state index contributed by atoms with van der Waals surface area (Å²) in [6.07, 6.45) is 3.32. The monoisotopic (exact) mass is 507 g/mol. The minimum absolute atomic E-state index is 0.0154. The topological polar surface area (TPSA) is 103 Å². The Morgan fingerprint density at radius 1 is 1.14 bits per heavy atom. The Labute approximate surface area is 214 Å². The van der Waals surface area contributed by atoms with Gasteiger partial charge in [0.25, 0.3) is 0 Å². The van der Waals surface area contributed by atoms with Gasteiger partial charge in [0.1, 0.15) is 6.61 Å². The van der Waals surface area contributed by atoms with Crippen LogP contribution in [0, 0.1) is 5.92 Å². The average molecular weight is 508 g/mol. The van der Waals surface area contributed by atoms with Crippen LogP contribution in [0.15, 0.2) is 84.8 Å². The van der Waals surface area contributed by atoms with Crippen LogP contribution in [0.2, 0.25) is 0 Å². The van der Waals surface area contributed by atoms with E-state index in [4.69, 9.17) is 14.2 Å². The SMILES string of the molecule is C=CCOC(=O)Nc1cccc([C@@H]2O[C@H](CSc3ncccn3)[C@H](C)[C@H](c3ccc(CO)cc3)O2)c1. The van der Waals surface area contributed by atoms with Crippen LogP contribution >= 0.6 is 11.8 Å². The van der Waals surface area contributed by atoms with Crippen molar-refractivity contribution in [1.29, 1.82) is 0 Å². The normalized spacial score (nSPS) is 21.5. The Kier molecular flexibility index (Phi) is 9.07. The predicted octanol–water partition coefficient (Wildman–Crippen LogP) is 5.29. The summed E-state index contributed by atoms with van der Waals surface area (Å²) < 4.78 is 17.9. The van der Waals surface area contributed by atoms with E-state index in [2.05, 4.69) is 28.8 Å². The van der Waals surface area contributed by atoms with Gasteiger partial charge in [0.15, 0.2) is 11.4 Å². The Balaban J connectivity index is 1.56. The second kappa shape index (κ2) is 12.6. The molecular formula is C27H29N3O5S. The lowest BCUT2D eigenvalue weighted by molar-refractivity contribution is -0.268. The van der Waals surface area contributed by atoms with E-state index in [1.165, 1.54) is 17.8 Å². The molecule has 4 atom stereocenters. The molecule has 1 amide bonds. The van der Waals surface area contributed by atoms with E-state index >= 15 is 0 Å². The third kappa shape index (κ3) is 6.70. The van der Waals surface area contributed by atoms with Gasteiger partial charge in [-0.1, -0.05) is 67.7 Å². The van der Waals surface area contributed by atoms with Crippen LogP contribution in [0.5, 0.6) is 0 Å². The van der Waals surface area contributed by atoms with Crippen molar-refractivity contribution >= 4 is 23.5 Å². The van der Waals surface area contributed by atoms with Gasteiger partial charge in [-0.2, -0.15) is 0 Å². The van der Waals surface area contributed by atoms with Crippen LogP contribution in [0.4, 0.5) is 10.5 Å². The lowest BCUT2D eigenvalue weighted by atomic mass is 9.91. The molecule has 0 unspecified atom stereocenters. The number of anilines is 1. The van der Waals surface area contributed by atoms with Gasteiger partial charge in [0.05, 0.1) is 18.8 Å². The fraction of sp³-hybridized carbons (Fsp3) is 0.296. The van der Waals surface area contributed by atoms with Crippen molar-refractivity contribution in [3.63, 3.8) is 0 Å². The van der Waals surface area contributed by atoms with Crippen LogP contribution in [0.1, 0.15) is 36.0 Å². The zero-order valence-electron chi connectivity index (χ0n) is 19.9. The molecule has 2 N–H and O–H groups in total. The second-order valence-electron chi connectivity index (χ2n) is 8.30. The Hall–Kier alpha value is -3.24. The molecule has 1 aliphatic rings. The molecule has 0 aliphatic carbocycles. The van der Waals surface area contributed by atoms with Gasteiger partial charge in [-0.15, -0.1) is 0 Å². The average Bonchev–Trinajstić information content (AvgIpc) is 2.92. The number of rotatable bonds is 9. The van der Waals surface area contributed by atoms with Crippen LogP contribution in [-0.4, -0.2) is 39.6 Å². The molecule has 4 rings (SSSR count). The minimum Gasteiger partial charge on any atom is -0.445 e. The molecular weight excluding hydrogens is 478 g/mol. The summed E-state index contributed by atoms with van der Waals surface area (Å²) in [4.78, 5) is 20.6. The number of benzene rings is 2. The van der Waals surface area contributed by atoms with Crippen LogP contribution in [0.25, 0.3) is 0 Å². The summed E-state index contributed by atoms with van der Waals surface area (Å²) in [5, 5.41) is 12.8. The molecule has 1 saturated heterocycles. The maximum Gasteiger partial charge on any atom is 0.411 e. The van der Waals surface area contributed by atoms with Crippen molar-refractivity contribution < 1.29 is 24.1 Å². The molecule has 1 aromatic heterocycles. The molecule has 0 bridgehead atoms. The van der Waals surface area contributed by atoms with Gasteiger partial charge < -0.3 is 19.3 Å². The van der Waals surface area contributed by atoms with E-state index in [-0.39, 0.29) is 31.3 Å². The maximum absolute atomic E-state index is 12.0. The number of carbonyl (C=O) groups excluding carboxylic acids is 1. The van der Waals surface area contributed by atoms with Crippen LogP contribution < -0.4 is 5.32 Å². The fourth-order valence-electron chi connectivity index (χ4n) is 3.88. The van der Waals surface area contributed by atoms with Crippen LogP contribution in [-0.2, 0) is 20.8 Å². The van der Waals surface area contributed by atoms with E-state index in [1.54, 1.807) is 24.5 Å². The number of ether oxygens (including phenoxy) is 3. The molecule has 1 aliphatic heterocycles. The quantitative estimate of drug-likeness (QED) is 0.229. The van der Waals surface area contributed by atoms with E-state index in [0.717, 1.165) is 16.7 Å². The zero-order valence-corrected chi connectivity index (χ0v) is 20.8. The lowest BCUT2D eigenvalue weighted by Crippen LogP contribution is -2.38. The molecule has 188 valence electrons. The number of aliphatic hydroxyl groups excluding tert-OH is 1. The number of hydrogen-bond acceptors (Lipinski definition) is 8. The molecule has 0 saturated carbocycles. The highest BCUT2D eigenvalue weighted by atomic mass is 32.2. The Bertz CT molecular complexity index is 1150. The second-order valence-corrected chi connectivity index (χ2v) is 9.29. The van der Waals surface area contributed by atoms with E-state index < -0.39 is 12.4 Å². The van der Waals surface area contributed by atoms with Gasteiger partial charge in [0.2, 0.25) is 0 Å². The fourth-order valence-corrected chi connectivity index (χ4v) is 4.84. The van der Waals surface area contributed by atoms with Gasteiger partial charge in [-0.05, 0) is 29.3 Å². The third-order valence-electron chi connectivity index (χ3n) is 5.78. The zero-order chi connectivity index (χ0) is 25.3. The first-order valence-corrected chi connectivity index (χ1v) is 12.6. The first kappa shape index (κ1) is 25.8. The first-order chi connectivity index (χ1) is 17.6. The Morgan fingerprint density at radius 2 is 1.92 bits per heavy atom. The van der Waals surface area contributed by atoms with Gasteiger partial charge in [-0.3, -0.25) is 5.32 Å². The Morgan fingerprint density at radius 3 is 2.64 bits per heavy atom. The largest absolute Gasteiger partial charge is 0.445 e. The van der Waals surface area contributed by atoms with Crippen molar-refractivity contribution in [3.8, 4) is 0 Å². The molecule has 8 nitrogen and oxygen atoms in total. The molecule has 0 radical (unpaired) electrons. The number of thioether (sulfide) groups is 1. The number of aromatic nitrogens is 2. The van der Waals surface area contributed by atoms with Crippen molar-refractivity contribution in [2.75, 3.05) is 17.7 Å². The molecule has 3 aromatic rings. The number of amides is 1. The van der Waals surface area contributed by atoms with Crippen molar-refractivity contribution in [3.05, 3.63) is 96.3 Å². The summed E-state index contributed by atoms with van der Waals surface area (Å²) >= 11 is 1.53. The number of nitrogens with zero attached hydrogens (tertiary/aromatic N) is 2. The third-order valence-corrected chi connectivity index (χ3v) is 6.74. The van der Waals surface area contributed by atoms with Gasteiger partial charge in [-0.25, -0.2) is 14.8 Å². The highest BCUT2D eigenvalue weighted by molar-refractivity contribution is 7.99. The first-order valence-electron chi connectivity index (χ1n) is 11.6. The number of aliphatic hydroxyl groups is 1. The molecule has 2 aromatic carbocycles. The highest BCUT2D eigenvalue weighted by Gasteiger charge is 2.38. The maximum atomic E-state index is 12.0. The predicted molar refractivity (Wildman–Crippen MR) is 137 cm³/mol. The summed E-state index contributed by atoms with van der Waals surface area (Å²) in [5.74, 6) is 0.676. The number of hydrogen-bond donors (Lipinski definition) is 2. The van der Waals surface area contributed by atoms with Crippen LogP contribution in [0.3, 0.4) is 0 Å². The van der Waals surface area contributed by atoms with Crippen molar-refractivity contribution in [2.24, 2.45) is 5.92 Å². The highest BCUT2D eigenvalue weighted by Crippen LogP contribution is 2.43. The van der Waals surface area contributed by atoms with Crippen molar-refractivity contribution in [2.45, 2.75) is 37.2 Å². The minimum atomic E-state index is -0.656. The summed E-state index contributed by atoms with van der Waals surface area (Å²) in [7, 11) is 0. The summed E-state index contributed by atoms with van der Waals surface area (Å²) in [6.45, 7) is 5.76. The van der Waals surface area contributed by atoms with E-state index in [1.807, 2.05) is 42.5 Å². The number of carbonyl (C=O) groups is 1. The molecule has 1 fully saturated rings.